The van der Waals surface area contributed by atoms with Crippen LogP contribution < -0.4 is 10.6 Å². The molecule has 0 atom stereocenters. The third-order valence-electron chi connectivity index (χ3n) is 4.21. The standard InChI is InChI=1S/C22H27N3O3/c1-3-4-14-25(22(28)18-8-6-5-7-9-18)16-21(27)23-15-20(26)24-19-12-10-17(2)11-13-19/h5-13H,3-4,14-16H2,1-2H3,(H,23,27)(H,24,26). The van der Waals surface area contributed by atoms with E-state index in [1.807, 2.05) is 32.0 Å². The largest absolute Gasteiger partial charge is 0.345 e. The van der Waals surface area contributed by atoms with E-state index in [1.165, 1.54) is 4.90 Å². The molecule has 0 saturated heterocycles. The van der Waals surface area contributed by atoms with E-state index in [-0.39, 0.29) is 30.8 Å². The van der Waals surface area contributed by atoms with E-state index in [0.717, 1.165) is 18.4 Å². The van der Waals surface area contributed by atoms with Crippen molar-refractivity contribution >= 4 is 23.4 Å². The fraction of sp³-hybridized carbons (Fsp3) is 0.318. The Morgan fingerprint density at radius 1 is 0.929 bits per heavy atom. The molecule has 0 radical (unpaired) electrons. The minimum atomic E-state index is -0.362. The number of nitrogens with zero attached hydrogens (tertiary/aromatic N) is 1. The number of hydrogen-bond donors (Lipinski definition) is 2. The van der Waals surface area contributed by atoms with Crippen LogP contribution in [0, 0.1) is 6.92 Å². The smallest absolute Gasteiger partial charge is 0.254 e. The number of carbonyl (C=O) groups excluding carboxylic acids is 3. The van der Waals surface area contributed by atoms with Crippen LogP contribution in [0.5, 0.6) is 0 Å². The molecule has 2 aromatic carbocycles. The number of hydrogen-bond acceptors (Lipinski definition) is 3. The molecule has 3 amide bonds. The molecule has 6 nitrogen and oxygen atoms in total. The number of benzene rings is 2. The van der Waals surface area contributed by atoms with Gasteiger partial charge in [-0.05, 0) is 37.6 Å². The highest BCUT2D eigenvalue weighted by molar-refractivity contribution is 5.98. The van der Waals surface area contributed by atoms with E-state index in [0.29, 0.717) is 17.8 Å². The number of nitrogens with one attached hydrogen (secondary N) is 2. The summed E-state index contributed by atoms with van der Waals surface area (Å²) >= 11 is 0. The van der Waals surface area contributed by atoms with Gasteiger partial charge in [-0.3, -0.25) is 14.4 Å². The number of amides is 3. The molecule has 0 aliphatic rings. The van der Waals surface area contributed by atoms with Crippen molar-refractivity contribution in [2.24, 2.45) is 0 Å². The predicted molar refractivity (Wildman–Crippen MR) is 110 cm³/mol. The summed E-state index contributed by atoms with van der Waals surface area (Å²) in [5.74, 6) is -0.862. The van der Waals surface area contributed by atoms with Gasteiger partial charge in [-0.2, -0.15) is 0 Å². The van der Waals surface area contributed by atoms with Crippen LogP contribution in [0.3, 0.4) is 0 Å². The molecular weight excluding hydrogens is 354 g/mol. The van der Waals surface area contributed by atoms with Gasteiger partial charge >= 0.3 is 0 Å². The zero-order valence-electron chi connectivity index (χ0n) is 16.4. The van der Waals surface area contributed by atoms with Crippen LogP contribution in [0.25, 0.3) is 0 Å². The predicted octanol–water partition coefficient (Wildman–Crippen LogP) is 2.99. The first-order valence-electron chi connectivity index (χ1n) is 9.47. The highest BCUT2D eigenvalue weighted by Gasteiger charge is 2.18. The Morgan fingerprint density at radius 2 is 1.61 bits per heavy atom. The summed E-state index contributed by atoms with van der Waals surface area (Å²) in [7, 11) is 0. The Bertz CT molecular complexity index is 788. The number of unbranched alkanes of at least 4 members (excludes halogenated alkanes) is 1. The van der Waals surface area contributed by atoms with Crippen LogP contribution in [-0.4, -0.2) is 42.3 Å². The Morgan fingerprint density at radius 3 is 2.25 bits per heavy atom. The van der Waals surface area contributed by atoms with E-state index >= 15 is 0 Å². The van der Waals surface area contributed by atoms with E-state index in [9.17, 15) is 14.4 Å². The van der Waals surface area contributed by atoms with Crippen molar-refractivity contribution in [3.63, 3.8) is 0 Å². The van der Waals surface area contributed by atoms with Crippen molar-refractivity contribution in [3.05, 3.63) is 65.7 Å². The lowest BCUT2D eigenvalue weighted by Crippen LogP contribution is -2.43. The van der Waals surface area contributed by atoms with E-state index in [4.69, 9.17) is 0 Å². The highest BCUT2D eigenvalue weighted by Crippen LogP contribution is 2.08. The SMILES string of the molecule is CCCCN(CC(=O)NCC(=O)Nc1ccc(C)cc1)C(=O)c1ccccc1. The Balaban J connectivity index is 1.87. The monoisotopic (exact) mass is 381 g/mol. The first-order chi connectivity index (χ1) is 13.5. The van der Waals surface area contributed by atoms with Crippen LogP contribution >= 0.6 is 0 Å². The van der Waals surface area contributed by atoms with Gasteiger partial charge in [0.15, 0.2) is 0 Å². The van der Waals surface area contributed by atoms with Crippen LogP contribution in [-0.2, 0) is 9.59 Å². The van der Waals surface area contributed by atoms with Crippen LogP contribution in [0.15, 0.2) is 54.6 Å². The van der Waals surface area contributed by atoms with Crippen molar-refractivity contribution in [3.8, 4) is 0 Å². The lowest BCUT2D eigenvalue weighted by Gasteiger charge is -2.22. The molecule has 2 aromatic rings. The maximum absolute atomic E-state index is 12.7. The van der Waals surface area contributed by atoms with Gasteiger partial charge in [0.25, 0.3) is 5.91 Å². The van der Waals surface area contributed by atoms with Gasteiger partial charge in [0.1, 0.15) is 0 Å². The molecule has 0 spiro atoms. The van der Waals surface area contributed by atoms with Gasteiger partial charge < -0.3 is 15.5 Å². The molecule has 0 aliphatic heterocycles. The van der Waals surface area contributed by atoms with Crippen LogP contribution in [0.4, 0.5) is 5.69 Å². The average molecular weight is 381 g/mol. The fourth-order valence-corrected chi connectivity index (χ4v) is 2.61. The topological polar surface area (TPSA) is 78.5 Å². The number of rotatable bonds is 9. The van der Waals surface area contributed by atoms with E-state index in [2.05, 4.69) is 10.6 Å². The van der Waals surface area contributed by atoms with Gasteiger partial charge in [-0.25, -0.2) is 0 Å². The fourth-order valence-electron chi connectivity index (χ4n) is 2.61. The molecule has 6 heteroatoms. The highest BCUT2D eigenvalue weighted by atomic mass is 16.2. The Hall–Kier alpha value is -3.15. The molecule has 0 aromatic heterocycles. The number of aryl methyl sites for hydroxylation is 1. The maximum Gasteiger partial charge on any atom is 0.254 e. The summed E-state index contributed by atoms with van der Waals surface area (Å²) in [6.07, 6.45) is 1.72. The van der Waals surface area contributed by atoms with Gasteiger partial charge in [-0.1, -0.05) is 49.2 Å². The number of carbonyl (C=O) groups is 3. The minimum Gasteiger partial charge on any atom is -0.345 e. The first kappa shape index (κ1) is 21.2. The normalized spacial score (nSPS) is 10.2. The lowest BCUT2D eigenvalue weighted by atomic mass is 10.2. The molecule has 148 valence electrons. The zero-order chi connectivity index (χ0) is 20.4. The van der Waals surface area contributed by atoms with Crippen molar-refractivity contribution < 1.29 is 14.4 Å². The third kappa shape index (κ3) is 6.87. The minimum absolute atomic E-state index is 0.0778. The third-order valence-corrected chi connectivity index (χ3v) is 4.21. The van der Waals surface area contributed by atoms with Crippen LogP contribution in [0.1, 0.15) is 35.7 Å². The van der Waals surface area contributed by atoms with Crippen molar-refractivity contribution in [2.75, 3.05) is 25.0 Å². The van der Waals surface area contributed by atoms with E-state index in [1.54, 1.807) is 36.4 Å². The summed E-state index contributed by atoms with van der Waals surface area (Å²) in [5.41, 5.74) is 2.32. The maximum atomic E-state index is 12.7. The van der Waals surface area contributed by atoms with Gasteiger partial charge in [0.05, 0.1) is 13.1 Å². The van der Waals surface area contributed by atoms with Gasteiger partial charge in [0, 0.05) is 17.8 Å². The van der Waals surface area contributed by atoms with Crippen molar-refractivity contribution in [1.29, 1.82) is 0 Å². The van der Waals surface area contributed by atoms with Crippen molar-refractivity contribution in [1.82, 2.24) is 10.2 Å². The molecule has 0 aliphatic carbocycles. The summed E-state index contributed by atoms with van der Waals surface area (Å²) < 4.78 is 0. The summed E-state index contributed by atoms with van der Waals surface area (Å²) in [5, 5.41) is 5.31. The summed E-state index contributed by atoms with van der Waals surface area (Å²) in [6, 6.07) is 16.3. The molecule has 28 heavy (non-hydrogen) atoms. The van der Waals surface area contributed by atoms with Gasteiger partial charge in [0.2, 0.25) is 11.8 Å². The zero-order valence-corrected chi connectivity index (χ0v) is 16.4. The Labute approximate surface area is 165 Å². The molecule has 0 heterocycles. The second kappa shape index (κ2) is 10.9. The number of anilines is 1. The molecule has 0 bridgehead atoms. The second-order valence-electron chi connectivity index (χ2n) is 6.64. The van der Waals surface area contributed by atoms with E-state index < -0.39 is 0 Å². The first-order valence-corrected chi connectivity index (χ1v) is 9.47. The summed E-state index contributed by atoms with van der Waals surface area (Å²) in [6.45, 7) is 4.26. The van der Waals surface area contributed by atoms with Gasteiger partial charge in [-0.15, -0.1) is 0 Å². The lowest BCUT2D eigenvalue weighted by molar-refractivity contribution is -0.124. The molecule has 0 unspecified atom stereocenters. The Kier molecular flexibility index (Phi) is 8.21. The molecule has 0 fully saturated rings. The van der Waals surface area contributed by atoms with Crippen molar-refractivity contribution in [2.45, 2.75) is 26.7 Å². The average Bonchev–Trinajstić information content (AvgIpc) is 2.71. The molecule has 2 rings (SSSR count). The van der Waals surface area contributed by atoms with Crippen LogP contribution in [0.2, 0.25) is 0 Å². The quantitative estimate of drug-likeness (QED) is 0.701. The molecular formula is C22H27N3O3. The molecule has 0 saturated carbocycles. The second-order valence-corrected chi connectivity index (χ2v) is 6.64. The molecule has 2 N–H and O–H groups in total. The summed E-state index contributed by atoms with van der Waals surface area (Å²) in [4.78, 5) is 38.5.